The van der Waals surface area contributed by atoms with Crippen molar-refractivity contribution in [3.8, 4) is 6.07 Å². The normalized spacial score (nSPS) is 10.5. The number of halogens is 1. The summed E-state index contributed by atoms with van der Waals surface area (Å²) in [5.41, 5.74) is 0.489. The molecule has 4 nitrogen and oxygen atoms in total. The highest BCUT2D eigenvalue weighted by molar-refractivity contribution is 6.33. The Labute approximate surface area is 105 Å². The summed E-state index contributed by atoms with van der Waals surface area (Å²) in [7, 11) is 0. The zero-order valence-electron chi connectivity index (χ0n) is 9.33. The lowest BCUT2D eigenvalue weighted by atomic mass is 10.2. The molecule has 0 saturated heterocycles. The molecule has 1 rings (SSSR count). The Morgan fingerprint density at radius 3 is 2.82 bits per heavy atom. The van der Waals surface area contributed by atoms with Gasteiger partial charge in [-0.05, 0) is 19.1 Å². The predicted octanol–water partition coefficient (Wildman–Crippen LogP) is 2.30. The SMILES string of the molecule is CCN/C=C(/C#N)C(=O)Nc1ccccc1Cl. The van der Waals surface area contributed by atoms with Crippen LogP contribution >= 0.6 is 11.6 Å². The van der Waals surface area contributed by atoms with Crippen molar-refractivity contribution in [1.29, 1.82) is 5.26 Å². The fourth-order valence-electron chi connectivity index (χ4n) is 1.10. The van der Waals surface area contributed by atoms with E-state index in [1.165, 1.54) is 6.20 Å². The second kappa shape index (κ2) is 6.56. The molecule has 5 heteroatoms. The van der Waals surface area contributed by atoms with E-state index in [9.17, 15) is 4.79 Å². The van der Waals surface area contributed by atoms with Crippen LogP contribution in [0, 0.1) is 11.3 Å². The molecule has 0 spiro atoms. The highest BCUT2D eigenvalue weighted by atomic mass is 35.5. The number of hydrogen-bond acceptors (Lipinski definition) is 3. The van der Waals surface area contributed by atoms with Crippen molar-refractivity contribution in [3.05, 3.63) is 41.1 Å². The Bertz CT molecular complexity index is 477. The maximum atomic E-state index is 11.7. The zero-order valence-corrected chi connectivity index (χ0v) is 10.1. The molecule has 0 saturated carbocycles. The van der Waals surface area contributed by atoms with Gasteiger partial charge in [0.1, 0.15) is 11.6 Å². The molecule has 0 bridgehead atoms. The molecule has 0 unspecified atom stereocenters. The number of nitrogens with one attached hydrogen (secondary N) is 2. The van der Waals surface area contributed by atoms with E-state index in [1.54, 1.807) is 24.3 Å². The third kappa shape index (κ3) is 3.82. The molecule has 0 aromatic heterocycles. The van der Waals surface area contributed by atoms with E-state index in [0.29, 0.717) is 17.3 Å². The zero-order chi connectivity index (χ0) is 12.7. The summed E-state index contributed by atoms with van der Waals surface area (Å²) in [6, 6.07) is 8.67. The topological polar surface area (TPSA) is 64.9 Å². The van der Waals surface area contributed by atoms with Gasteiger partial charge in [0.15, 0.2) is 0 Å². The third-order valence-electron chi connectivity index (χ3n) is 1.94. The van der Waals surface area contributed by atoms with Crippen LogP contribution in [0.4, 0.5) is 5.69 Å². The van der Waals surface area contributed by atoms with Crippen LogP contribution in [-0.2, 0) is 4.79 Å². The van der Waals surface area contributed by atoms with Gasteiger partial charge in [-0.1, -0.05) is 23.7 Å². The maximum absolute atomic E-state index is 11.7. The summed E-state index contributed by atoms with van der Waals surface area (Å²) in [6.07, 6.45) is 1.38. The Kier molecular flexibility index (Phi) is 5.05. The fraction of sp³-hybridized carbons (Fsp3) is 0.167. The van der Waals surface area contributed by atoms with E-state index in [4.69, 9.17) is 16.9 Å². The van der Waals surface area contributed by atoms with Gasteiger partial charge < -0.3 is 10.6 Å². The second-order valence-corrected chi connectivity index (χ2v) is 3.57. The van der Waals surface area contributed by atoms with E-state index in [-0.39, 0.29) is 5.57 Å². The number of para-hydroxylation sites is 1. The molecular formula is C12H12ClN3O. The van der Waals surface area contributed by atoms with Crippen LogP contribution < -0.4 is 10.6 Å². The Morgan fingerprint density at radius 1 is 1.53 bits per heavy atom. The molecule has 1 aromatic rings. The monoisotopic (exact) mass is 249 g/mol. The van der Waals surface area contributed by atoms with Crippen LogP contribution in [0.15, 0.2) is 36.0 Å². The van der Waals surface area contributed by atoms with Gasteiger partial charge in [-0.15, -0.1) is 0 Å². The molecule has 0 aliphatic carbocycles. The Hall–Kier alpha value is -1.99. The second-order valence-electron chi connectivity index (χ2n) is 3.16. The number of benzene rings is 1. The maximum Gasteiger partial charge on any atom is 0.267 e. The number of anilines is 1. The number of nitrogens with zero attached hydrogens (tertiary/aromatic N) is 1. The van der Waals surface area contributed by atoms with E-state index < -0.39 is 5.91 Å². The highest BCUT2D eigenvalue weighted by Crippen LogP contribution is 2.20. The van der Waals surface area contributed by atoms with E-state index in [2.05, 4.69) is 10.6 Å². The number of hydrogen-bond donors (Lipinski definition) is 2. The minimum Gasteiger partial charge on any atom is -0.390 e. The van der Waals surface area contributed by atoms with E-state index in [1.807, 2.05) is 13.0 Å². The standard InChI is InChI=1S/C12H12ClN3O/c1-2-15-8-9(7-14)12(17)16-11-6-4-3-5-10(11)13/h3-6,8,15H,2H2,1H3,(H,16,17)/b9-8-. The fourth-order valence-corrected chi connectivity index (χ4v) is 1.29. The lowest BCUT2D eigenvalue weighted by Gasteiger charge is -2.05. The third-order valence-corrected chi connectivity index (χ3v) is 2.27. The smallest absolute Gasteiger partial charge is 0.267 e. The van der Waals surface area contributed by atoms with E-state index in [0.717, 1.165) is 0 Å². The van der Waals surface area contributed by atoms with Crippen molar-refractivity contribution in [3.63, 3.8) is 0 Å². The first-order chi connectivity index (χ1) is 8.19. The summed E-state index contributed by atoms with van der Waals surface area (Å²) >= 11 is 5.89. The van der Waals surface area contributed by atoms with Crippen LogP contribution in [0.1, 0.15) is 6.92 Å². The van der Waals surface area contributed by atoms with Crippen LogP contribution in [0.3, 0.4) is 0 Å². The average Bonchev–Trinajstić information content (AvgIpc) is 2.33. The molecule has 0 atom stereocenters. The van der Waals surface area contributed by atoms with Crippen LogP contribution in [0.2, 0.25) is 5.02 Å². The van der Waals surface area contributed by atoms with Crippen molar-refractivity contribution in [2.75, 3.05) is 11.9 Å². The predicted molar refractivity (Wildman–Crippen MR) is 67.5 cm³/mol. The molecular weight excluding hydrogens is 238 g/mol. The van der Waals surface area contributed by atoms with Gasteiger partial charge in [0.2, 0.25) is 0 Å². The van der Waals surface area contributed by atoms with Gasteiger partial charge >= 0.3 is 0 Å². The lowest BCUT2D eigenvalue weighted by Crippen LogP contribution is -2.16. The molecule has 0 fully saturated rings. The average molecular weight is 250 g/mol. The number of amides is 1. The van der Waals surface area contributed by atoms with E-state index >= 15 is 0 Å². The van der Waals surface area contributed by atoms with Crippen molar-refractivity contribution >= 4 is 23.2 Å². The molecule has 17 heavy (non-hydrogen) atoms. The molecule has 0 aliphatic rings. The summed E-state index contributed by atoms with van der Waals surface area (Å²) in [5, 5.41) is 14.6. The quantitative estimate of drug-likeness (QED) is 0.636. The van der Waals surface area contributed by atoms with Gasteiger partial charge in [-0.3, -0.25) is 4.79 Å². The minimum atomic E-state index is -0.485. The summed E-state index contributed by atoms with van der Waals surface area (Å²) in [5.74, 6) is -0.485. The van der Waals surface area contributed by atoms with Crippen molar-refractivity contribution in [2.45, 2.75) is 6.92 Å². The van der Waals surface area contributed by atoms with Crippen molar-refractivity contribution in [2.24, 2.45) is 0 Å². The largest absolute Gasteiger partial charge is 0.390 e. The van der Waals surface area contributed by atoms with Gasteiger partial charge in [0.25, 0.3) is 5.91 Å². The van der Waals surface area contributed by atoms with Crippen molar-refractivity contribution < 1.29 is 4.79 Å². The van der Waals surface area contributed by atoms with Gasteiger partial charge in [-0.25, -0.2) is 0 Å². The Balaban J connectivity index is 2.79. The molecule has 88 valence electrons. The number of rotatable bonds is 4. The molecule has 0 heterocycles. The van der Waals surface area contributed by atoms with Crippen LogP contribution in [0.5, 0.6) is 0 Å². The summed E-state index contributed by atoms with van der Waals surface area (Å²) in [6.45, 7) is 2.52. The Morgan fingerprint density at radius 2 is 2.24 bits per heavy atom. The molecule has 0 aliphatic heterocycles. The first-order valence-corrected chi connectivity index (χ1v) is 5.46. The molecule has 1 amide bonds. The minimum absolute atomic E-state index is 0.00627. The summed E-state index contributed by atoms with van der Waals surface area (Å²) < 4.78 is 0. The number of nitriles is 1. The first kappa shape index (κ1) is 13.1. The number of carbonyl (C=O) groups excluding carboxylic acids is 1. The molecule has 2 N–H and O–H groups in total. The lowest BCUT2D eigenvalue weighted by molar-refractivity contribution is -0.112. The van der Waals surface area contributed by atoms with Crippen LogP contribution in [0.25, 0.3) is 0 Å². The van der Waals surface area contributed by atoms with Gasteiger partial charge in [-0.2, -0.15) is 5.26 Å². The molecule has 1 aromatic carbocycles. The van der Waals surface area contributed by atoms with Gasteiger partial charge in [0, 0.05) is 12.7 Å². The van der Waals surface area contributed by atoms with Gasteiger partial charge in [0.05, 0.1) is 10.7 Å². The van der Waals surface area contributed by atoms with Crippen molar-refractivity contribution in [1.82, 2.24) is 5.32 Å². The first-order valence-electron chi connectivity index (χ1n) is 5.08. The number of carbonyl (C=O) groups is 1. The van der Waals surface area contributed by atoms with Crippen LogP contribution in [-0.4, -0.2) is 12.5 Å². The molecule has 0 radical (unpaired) electrons. The summed E-state index contributed by atoms with van der Waals surface area (Å²) in [4.78, 5) is 11.7. The highest BCUT2D eigenvalue weighted by Gasteiger charge is 2.10.